The molecule has 2 saturated heterocycles. The number of likely N-dealkylation sites (tertiary alicyclic amines) is 2. The van der Waals surface area contributed by atoms with Gasteiger partial charge in [0, 0.05) is 30.9 Å². The van der Waals surface area contributed by atoms with Gasteiger partial charge in [0.2, 0.25) is 11.8 Å². The Bertz CT molecular complexity index is 1020. The fraction of sp³-hybridized carbons (Fsp3) is 0.600. The van der Waals surface area contributed by atoms with Crippen LogP contribution in [0.4, 0.5) is 0 Å². The molecule has 2 aromatic heterocycles. The van der Waals surface area contributed by atoms with Crippen molar-refractivity contribution < 1.29 is 14.7 Å². The lowest BCUT2D eigenvalue weighted by Gasteiger charge is -2.38. The number of nitrogens with zero attached hydrogens (tertiary/aromatic N) is 4. The number of carbonyl (C=O) groups is 2. The second-order valence-corrected chi connectivity index (χ2v) is 9.37. The van der Waals surface area contributed by atoms with Crippen LogP contribution in [-0.2, 0) is 16.1 Å². The number of aliphatic hydroxyl groups is 1. The van der Waals surface area contributed by atoms with Crippen LogP contribution >= 0.6 is 11.3 Å². The van der Waals surface area contributed by atoms with Gasteiger partial charge in [0.1, 0.15) is 4.83 Å². The molecule has 2 fully saturated rings. The van der Waals surface area contributed by atoms with Gasteiger partial charge in [-0.3, -0.25) is 19.0 Å². The number of aromatic nitrogens is 2. The summed E-state index contributed by atoms with van der Waals surface area (Å²) in [6.07, 6.45) is 3.61. The number of fused-ring (bicyclic) bond motifs is 1. The molecule has 2 aliphatic heterocycles. The molecule has 0 aromatic carbocycles. The second kappa shape index (κ2) is 7.53. The minimum absolute atomic E-state index is 0.0353. The number of piperidine rings is 1. The lowest BCUT2D eigenvalue weighted by Crippen LogP contribution is -2.51. The Morgan fingerprint density at radius 2 is 1.97 bits per heavy atom. The molecule has 4 rings (SSSR count). The van der Waals surface area contributed by atoms with Gasteiger partial charge in [0.25, 0.3) is 5.56 Å². The summed E-state index contributed by atoms with van der Waals surface area (Å²) >= 11 is 1.50. The highest BCUT2D eigenvalue weighted by molar-refractivity contribution is 7.18. The summed E-state index contributed by atoms with van der Waals surface area (Å²) in [5.74, 6) is -0.0416. The van der Waals surface area contributed by atoms with Crippen LogP contribution < -0.4 is 5.56 Å². The molecular weight excluding hydrogens is 392 g/mol. The summed E-state index contributed by atoms with van der Waals surface area (Å²) in [4.78, 5) is 46.6. The van der Waals surface area contributed by atoms with Crippen LogP contribution in [0.1, 0.15) is 36.1 Å². The molecule has 9 heteroatoms. The smallest absolute Gasteiger partial charge is 0.262 e. The highest BCUT2D eigenvalue weighted by Gasteiger charge is 2.35. The average molecular weight is 419 g/mol. The van der Waals surface area contributed by atoms with Gasteiger partial charge in [-0.1, -0.05) is 0 Å². The van der Waals surface area contributed by atoms with Gasteiger partial charge in [0.15, 0.2) is 0 Å². The summed E-state index contributed by atoms with van der Waals surface area (Å²) in [7, 11) is 0. The normalized spacial score (nSPS) is 19.3. The number of carbonyl (C=O) groups excluding carboxylic acids is 2. The van der Waals surface area contributed by atoms with Crippen LogP contribution in [-0.4, -0.2) is 68.1 Å². The van der Waals surface area contributed by atoms with E-state index in [0.29, 0.717) is 44.3 Å². The van der Waals surface area contributed by atoms with Crippen molar-refractivity contribution in [1.29, 1.82) is 0 Å². The van der Waals surface area contributed by atoms with E-state index in [0.717, 1.165) is 21.7 Å². The monoisotopic (exact) mass is 418 g/mol. The van der Waals surface area contributed by atoms with Crippen molar-refractivity contribution in [3.8, 4) is 0 Å². The maximum Gasteiger partial charge on any atom is 0.262 e. The lowest BCUT2D eigenvalue weighted by atomic mass is 9.91. The van der Waals surface area contributed by atoms with E-state index < -0.39 is 5.60 Å². The van der Waals surface area contributed by atoms with Crippen LogP contribution in [0.3, 0.4) is 0 Å². The molecule has 156 valence electrons. The van der Waals surface area contributed by atoms with Crippen molar-refractivity contribution in [2.45, 2.75) is 51.7 Å². The van der Waals surface area contributed by atoms with E-state index in [1.54, 1.807) is 9.80 Å². The van der Waals surface area contributed by atoms with Gasteiger partial charge in [-0.15, -0.1) is 11.3 Å². The van der Waals surface area contributed by atoms with E-state index >= 15 is 0 Å². The maximum atomic E-state index is 12.9. The van der Waals surface area contributed by atoms with Gasteiger partial charge in [-0.2, -0.15) is 0 Å². The van der Waals surface area contributed by atoms with Gasteiger partial charge in [-0.25, -0.2) is 4.98 Å². The highest BCUT2D eigenvalue weighted by Crippen LogP contribution is 2.27. The molecule has 0 unspecified atom stereocenters. The zero-order chi connectivity index (χ0) is 20.8. The Balaban J connectivity index is 1.42. The molecule has 2 amide bonds. The van der Waals surface area contributed by atoms with Crippen LogP contribution in [0, 0.1) is 13.8 Å². The van der Waals surface area contributed by atoms with Gasteiger partial charge in [-0.05, 0) is 38.7 Å². The summed E-state index contributed by atoms with van der Waals surface area (Å²) in [5, 5.41) is 11.7. The van der Waals surface area contributed by atoms with Crippen molar-refractivity contribution >= 4 is 33.4 Å². The third-order valence-electron chi connectivity index (χ3n) is 6.16. The van der Waals surface area contributed by atoms with Gasteiger partial charge < -0.3 is 14.9 Å². The lowest BCUT2D eigenvalue weighted by molar-refractivity contribution is -0.141. The van der Waals surface area contributed by atoms with Crippen molar-refractivity contribution in [3.63, 3.8) is 0 Å². The van der Waals surface area contributed by atoms with E-state index in [-0.39, 0.29) is 30.5 Å². The van der Waals surface area contributed by atoms with E-state index in [2.05, 4.69) is 4.98 Å². The average Bonchev–Trinajstić information content (AvgIpc) is 3.21. The number of amides is 2. The molecule has 29 heavy (non-hydrogen) atoms. The number of aryl methyl sites for hydroxylation is 2. The van der Waals surface area contributed by atoms with Crippen molar-refractivity contribution in [2.75, 3.05) is 26.2 Å². The summed E-state index contributed by atoms with van der Waals surface area (Å²) in [5.41, 5.74) is -0.240. The quantitative estimate of drug-likeness (QED) is 0.801. The minimum Gasteiger partial charge on any atom is -0.388 e. The first-order valence-corrected chi connectivity index (χ1v) is 10.8. The number of hydrogen-bond donors (Lipinski definition) is 1. The third-order valence-corrected chi connectivity index (χ3v) is 7.28. The molecule has 0 radical (unpaired) electrons. The summed E-state index contributed by atoms with van der Waals surface area (Å²) in [6, 6.07) is 0. The van der Waals surface area contributed by atoms with Crippen LogP contribution in [0.15, 0.2) is 11.1 Å². The molecule has 4 heterocycles. The molecule has 0 atom stereocenters. The van der Waals surface area contributed by atoms with E-state index in [4.69, 9.17) is 0 Å². The van der Waals surface area contributed by atoms with Crippen LogP contribution in [0.5, 0.6) is 0 Å². The van der Waals surface area contributed by atoms with Crippen LogP contribution in [0.25, 0.3) is 10.2 Å². The number of hydrogen-bond acceptors (Lipinski definition) is 6. The topological polar surface area (TPSA) is 95.7 Å². The Labute approximate surface area is 172 Å². The van der Waals surface area contributed by atoms with E-state index in [1.165, 1.54) is 22.2 Å². The molecule has 8 nitrogen and oxygen atoms in total. The molecule has 2 aliphatic rings. The molecule has 0 aliphatic carbocycles. The first-order valence-electron chi connectivity index (χ1n) is 10.0. The molecule has 1 N–H and O–H groups in total. The summed E-state index contributed by atoms with van der Waals surface area (Å²) in [6.45, 7) is 5.65. The van der Waals surface area contributed by atoms with Crippen molar-refractivity contribution in [1.82, 2.24) is 19.4 Å². The van der Waals surface area contributed by atoms with Crippen molar-refractivity contribution in [3.05, 3.63) is 27.1 Å². The Kier molecular flexibility index (Phi) is 5.20. The summed E-state index contributed by atoms with van der Waals surface area (Å²) < 4.78 is 1.49. The SMILES string of the molecule is Cc1sc2ncn(CC3(O)CCN(C(=O)CN4CCCC4=O)CC3)c(=O)c2c1C. The fourth-order valence-electron chi connectivity index (χ4n) is 4.16. The van der Waals surface area contributed by atoms with Crippen LogP contribution in [0.2, 0.25) is 0 Å². The Morgan fingerprint density at radius 3 is 2.62 bits per heavy atom. The number of rotatable bonds is 4. The first-order chi connectivity index (χ1) is 13.8. The Morgan fingerprint density at radius 1 is 1.24 bits per heavy atom. The second-order valence-electron chi connectivity index (χ2n) is 8.16. The first kappa shape index (κ1) is 20.0. The largest absolute Gasteiger partial charge is 0.388 e. The zero-order valence-corrected chi connectivity index (χ0v) is 17.6. The van der Waals surface area contributed by atoms with E-state index in [9.17, 15) is 19.5 Å². The fourth-order valence-corrected chi connectivity index (χ4v) is 5.15. The maximum absolute atomic E-state index is 12.9. The Hall–Kier alpha value is -2.26. The number of thiophene rings is 1. The highest BCUT2D eigenvalue weighted by atomic mass is 32.1. The molecule has 0 spiro atoms. The molecule has 0 bridgehead atoms. The van der Waals surface area contributed by atoms with Gasteiger partial charge >= 0.3 is 0 Å². The minimum atomic E-state index is -1.06. The predicted molar refractivity (Wildman–Crippen MR) is 110 cm³/mol. The zero-order valence-electron chi connectivity index (χ0n) is 16.8. The molecule has 2 aromatic rings. The standard InChI is InChI=1S/C20H26N4O4S/c1-13-14(2)29-18-17(13)19(27)24(12-21-18)11-20(28)5-8-22(9-6-20)16(26)10-23-7-3-4-15(23)25/h12,28H,3-11H2,1-2H3. The predicted octanol–water partition coefficient (Wildman–Crippen LogP) is 1.05. The molecule has 0 saturated carbocycles. The van der Waals surface area contributed by atoms with Gasteiger partial charge in [0.05, 0.1) is 30.4 Å². The van der Waals surface area contributed by atoms with E-state index in [1.807, 2.05) is 13.8 Å². The third kappa shape index (κ3) is 3.81. The molecular formula is C20H26N4O4S. The van der Waals surface area contributed by atoms with Crippen molar-refractivity contribution in [2.24, 2.45) is 0 Å².